The first-order valence-electron chi connectivity index (χ1n) is 8.59. The first kappa shape index (κ1) is 19.1. The Morgan fingerprint density at radius 3 is 2.35 bits per heavy atom. The molecule has 0 radical (unpaired) electrons. The van der Waals surface area contributed by atoms with Crippen LogP contribution in [0.4, 0.5) is 5.69 Å². The largest absolute Gasteiger partial charge is 0.383 e. The van der Waals surface area contributed by atoms with Crippen LogP contribution in [0.25, 0.3) is 0 Å². The van der Waals surface area contributed by atoms with Crippen LogP contribution < -0.4 is 5.32 Å². The van der Waals surface area contributed by atoms with Crippen LogP contribution in [0.2, 0.25) is 0 Å². The van der Waals surface area contributed by atoms with Crippen LogP contribution in [-0.4, -0.2) is 25.0 Å². The lowest BCUT2D eigenvalue weighted by atomic mass is 9.72. The van der Waals surface area contributed by atoms with Gasteiger partial charge in [0.2, 0.25) is 0 Å². The number of anilines is 1. The van der Waals surface area contributed by atoms with E-state index in [1.807, 2.05) is 49.5 Å². The summed E-state index contributed by atoms with van der Waals surface area (Å²) in [6.45, 7) is 5.64. The standard InChI is InChI=1S/C21H23N5/c1-21(2)11-18(16(13-22)14-23)19(15-24)20(12-21)26(3)10-9-25-17-7-5-4-6-8-17/h4-8,25H,9-12H2,1-3H3. The van der Waals surface area contributed by atoms with E-state index in [0.717, 1.165) is 24.4 Å². The summed E-state index contributed by atoms with van der Waals surface area (Å²) in [5.74, 6) is 0. The third-order valence-electron chi connectivity index (χ3n) is 4.54. The lowest BCUT2D eigenvalue weighted by molar-refractivity contribution is 0.290. The molecule has 0 aromatic heterocycles. The number of benzene rings is 1. The van der Waals surface area contributed by atoms with Gasteiger partial charge in [0.1, 0.15) is 23.8 Å². The number of para-hydroxylation sites is 1. The molecule has 0 heterocycles. The molecule has 0 aliphatic heterocycles. The summed E-state index contributed by atoms with van der Waals surface area (Å²) >= 11 is 0. The van der Waals surface area contributed by atoms with Crippen molar-refractivity contribution in [1.29, 1.82) is 15.8 Å². The number of nitrogens with zero attached hydrogens (tertiary/aromatic N) is 4. The van der Waals surface area contributed by atoms with Crippen LogP contribution in [0.3, 0.4) is 0 Å². The molecule has 5 nitrogen and oxygen atoms in total. The Balaban J connectivity index is 2.26. The number of nitriles is 3. The van der Waals surface area contributed by atoms with E-state index in [2.05, 4.69) is 30.1 Å². The summed E-state index contributed by atoms with van der Waals surface area (Å²) in [7, 11) is 1.96. The Morgan fingerprint density at radius 1 is 1.12 bits per heavy atom. The second-order valence-electron chi connectivity index (χ2n) is 7.24. The molecule has 1 aliphatic carbocycles. The van der Waals surface area contributed by atoms with Gasteiger partial charge in [-0.3, -0.25) is 0 Å². The van der Waals surface area contributed by atoms with Gasteiger partial charge in [-0.25, -0.2) is 0 Å². The maximum atomic E-state index is 9.69. The molecule has 1 aliphatic rings. The zero-order valence-corrected chi connectivity index (χ0v) is 15.5. The SMILES string of the molecule is CN(CCNc1ccccc1)C1=C(C#N)C(=C(C#N)C#N)CC(C)(C)C1. The molecule has 1 aromatic carbocycles. The molecule has 0 bridgehead atoms. The number of allylic oxidation sites excluding steroid dienone is 4. The van der Waals surface area contributed by atoms with Gasteiger partial charge >= 0.3 is 0 Å². The summed E-state index contributed by atoms with van der Waals surface area (Å²) in [6, 6.07) is 16.1. The molecule has 1 aromatic rings. The minimum absolute atomic E-state index is 0.0441. The summed E-state index contributed by atoms with van der Waals surface area (Å²) in [5, 5.41) is 31.6. The Kier molecular flexibility index (Phi) is 6.05. The van der Waals surface area contributed by atoms with Gasteiger partial charge in [0.05, 0.1) is 5.57 Å². The number of hydrogen-bond acceptors (Lipinski definition) is 5. The molecule has 0 saturated heterocycles. The molecule has 5 heteroatoms. The van der Waals surface area contributed by atoms with E-state index in [1.165, 1.54) is 0 Å². The lowest BCUT2D eigenvalue weighted by Crippen LogP contribution is -2.32. The van der Waals surface area contributed by atoms with Crippen LogP contribution in [0, 0.1) is 39.4 Å². The van der Waals surface area contributed by atoms with Crippen molar-refractivity contribution < 1.29 is 0 Å². The topological polar surface area (TPSA) is 86.6 Å². The Hall–Kier alpha value is -3.23. The van der Waals surface area contributed by atoms with Gasteiger partial charge in [-0.2, -0.15) is 15.8 Å². The summed E-state index contributed by atoms with van der Waals surface area (Å²) in [5.41, 5.74) is 2.94. The van der Waals surface area contributed by atoms with Gasteiger partial charge in [-0.1, -0.05) is 32.0 Å². The Bertz CT molecular complexity index is 825. The highest BCUT2D eigenvalue weighted by atomic mass is 15.1. The average molecular weight is 345 g/mol. The van der Waals surface area contributed by atoms with Crippen molar-refractivity contribution in [3.8, 4) is 18.2 Å². The number of hydrogen-bond donors (Lipinski definition) is 1. The minimum Gasteiger partial charge on any atom is -0.383 e. The highest BCUT2D eigenvalue weighted by Crippen LogP contribution is 2.43. The fourth-order valence-electron chi connectivity index (χ4n) is 3.24. The summed E-state index contributed by atoms with van der Waals surface area (Å²) in [6.07, 6.45) is 1.30. The van der Waals surface area contributed by atoms with Crippen LogP contribution in [0.15, 0.2) is 52.7 Å². The molecular weight excluding hydrogens is 322 g/mol. The summed E-state index contributed by atoms with van der Waals surface area (Å²) in [4.78, 5) is 2.06. The first-order chi connectivity index (χ1) is 12.4. The molecule has 0 unspecified atom stereocenters. The van der Waals surface area contributed by atoms with E-state index >= 15 is 0 Å². The predicted molar refractivity (Wildman–Crippen MR) is 101 cm³/mol. The van der Waals surface area contributed by atoms with Crippen LogP contribution in [-0.2, 0) is 0 Å². The van der Waals surface area contributed by atoms with Crippen LogP contribution >= 0.6 is 0 Å². The molecule has 0 saturated carbocycles. The zero-order valence-electron chi connectivity index (χ0n) is 15.5. The molecule has 1 N–H and O–H groups in total. The van der Waals surface area contributed by atoms with Crippen molar-refractivity contribution in [3.63, 3.8) is 0 Å². The highest BCUT2D eigenvalue weighted by molar-refractivity contribution is 5.57. The smallest absolute Gasteiger partial charge is 0.134 e. The van der Waals surface area contributed by atoms with Gasteiger partial charge in [0.15, 0.2) is 0 Å². The van der Waals surface area contributed by atoms with E-state index in [0.29, 0.717) is 24.1 Å². The molecule has 132 valence electrons. The van der Waals surface area contributed by atoms with Crippen molar-refractivity contribution in [2.24, 2.45) is 5.41 Å². The highest BCUT2D eigenvalue weighted by Gasteiger charge is 2.34. The monoisotopic (exact) mass is 345 g/mol. The van der Waals surface area contributed by atoms with Crippen molar-refractivity contribution in [1.82, 2.24) is 4.90 Å². The van der Waals surface area contributed by atoms with Crippen molar-refractivity contribution >= 4 is 5.69 Å². The second-order valence-corrected chi connectivity index (χ2v) is 7.24. The van der Waals surface area contributed by atoms with Crippen molar-refractivity contribution in [2.45, 2.75) is 26.7 Å². The molecule has 2 rings (SSSR count). The summed E-state index contributed by atoms with van der Waals surface area (Å²) < 4.78 is 0. The van der Waals surface area contributed by atoms with E-state index in [1.54, 1.807) is 0 Å². The molecule has 0 atom stereocenters. The molecule has 0 fully saturated rings. The predicted octanol–water partition coefficient (Wildman–Crippen LogP) is 3.97. The zero-order chi connectivity index (χ0) is 19.2. The van der Waals surface area contributed by atoms with E-state index in [-0.39, 0.29) is 11.0 Å². The van der Waals surface area contributed by atoms with Gasteiger partial charge in [-0.15, -0.1) is 0 Å². The quantitative estimate of drug-likeness (QED) is 0.816. The van der Waals surface area contributed by atoms with Gasteiger partial charge in [0.25, 0.3) is 0 Å². The van der Waals surface area contributed by atoms with E-state index in [4.69, 9.17) is 0 Å². The number of nitrogens with one attached hydrogen (secondary N) is 1. The fraction of sp³-hybridized carbons (Fsp3) is 0.381. The maximum absolute atomic E-state index is 9.69. The van der Waals surface area contributed by atoms with Gasteiger partial charge < -0.3 is 10.2 Å². The lowest BCUT2D eigenvalue weighted by Gasteiger charge is -2.37. The van der Waals surface area contributed by atoms with Crippen LogP contribution in [0.1, 0.15) is 26.7 Å². The molecule has 26 heavy (non-hydrogen) atoms. The third-order valence-corrected chi connectivity index (χ3v) is 4.54. The van der Waals surface area contributed by atoms with E-state index in [9.17, 15) is 15.8 Å². The Labute approximate surface area is 155 Å². The third kappa shape index (κ3) is 4.44. The van der Waals surface area contributed by atoms with E-state index < -0.39 is 0 Å². The first-order valence-corrected chi connectivity index (χ1v) is 8.59. The number of likely N-dealkylation sites (N-methyl/N-ethyl adjacent to an activating group) is 1. The van der Waals surface area contributed by atoms with Crippen molar-refractivity contribution in [3.05, 3.63) is 52.7 Å². The van der Waals surface area contributed by atoms with Crippen LogP contribution in [0.5, 0.6) is 0 Å². The minimum atomic E-state index is -0.106. The molecule has 0 amide bonds. The fourth-order valence-corrected chi connectivity index (χ4v) is 3.24. The Morgan fingerprint density at radius 2 is 1.77 bits per heavy atom. The van der Waals surface area contributed by atoms with Crippen molar-refractivity contribution in [2.75, 3.05) is 25.5 Å². The normalized spacial score (nSPS) is 15.5. The number of rotatable bonds is 5. The van der Waals surface area contributed by atoms with Gasteiger partial charge in [0, 0.05) is 37.1 Å². The average Bonchev–Trinajstić information content (AvgIpc) is 2.62. The maximum Gasteiger partial charge on any atom is 0.134 e. The molecular formula is C21H23N5. The van der Waals surface area contributed by atoms with Gasteiger partial charge in [-0.05, 0) is 30.4 Å². The second kappa shape index (κ2) is 8.24. The molecule has 0 spiro atoms.